The third-order valence-corrected chi connectivity index (χ3v) is 2.81. The van der Waals surface area contributed by atoms with E-state index in [0.29, 0.717) is 19.0 Å². The second-order valence-corrected chi connectivity index (χ2v) is 4.96. The summed E-state index contributed by atoms with van der Waals surface area (Å²) in [4.78, 5) is 0. The summed E-state index contributed by atoms with van der Waals surface area (Å²) in [6.45, 7) is 6.46. The molecule has 0 fully saturated rings. The Morgan fingerprint density at radius 2 is 1.90 bits per heavy atom. The largest absolute Gasteiger partial charge is 0.416 e. The fraction of sp³-hybridized carbons (Fsp3) is 0.467. The van der Waals surface area contributed by atoms with Gasteiger partial charge < -0.3 is 5.32 Å². The molecule has 0 atom stereocenters. The first-order chi connectivity index (χ1) is 9.22. The topological polar surface area (TPSA) is 12.0 Å². The lowest BCUT2D eigenvalue weighted by molar-refractivity contribution is -0.137. The van der Waals surface area contributed by atoms with Crippen LogP contribution in [0, 0.1) is 5.82 Å². The SMILES string of the molecule is CC/C(=C/c1cc(F)cc(C(F)(F)F)c1)CNC(C)C. The smallest absolute Gasteiger partial charge is 0.311 e. The lowest BCUT2D eigenvalue weighted by atomic mass is 10.1. The van der Waals surface area contributed by atoms with Crippen molar-refractivity contribution < 1.29 is 17.6 Å². The van der Waals surface area contributed by atoms with Crippen LogP contribution in [0.4, 0.5) is 17.6 Å². The predicted octanol–water partition coefficient (Wildman–Crippen LogP) is 4.64. The van der Waals surface area contributed by atoms with Crippen molar-refractivity contribution in [3.8, 4) is 0 Å². The van der Waals surface area contributed by atoms with Crippen LogP contribution in [0.1, 0.15) is 38.3 Å². The number of rotatable bonds is 5. The van der Waals surface area contributed by atoms with Crippen molar-refractivity contribution in [2.75, 3.05) is 6.54 Å². The third-order valence-electron chi connectivity index (χ3n) is 2.81. The fourth-order valence-corrected chi connectivity index (χ4v) is 1.71. The van der Waals surface area contributed by atoms with Gasteiger partial charge in [-0.25, -0.2) is 4.39 Å². The number of hydrogen-bond donors (Lipinski definition) is 1. The summed E-state index contributed by atoms with van der Waals surface area (Å²) in [5, 5.41) is 3.19. The summed E-state index contributed by atoms with van der Waals surface area (Å²) in [5.74, 6) is -0.877. The van der Waals surface area contributed by atoms with Gasteiger partial charge in [0.15, 0.2) is 0 Å². The van der Waals surface area contributed by atoms with Gasteiger partial charge >= 0.3 is 6.18 Å². The van der Waals surface area contributed by atoms with Crippen LogP contribution in [0.5, 0.6) is 0 Å². The van der Waals surface area contributed by atoms with Gasteiger partial charge in [-0.2, -0.15) is 13.2 Å². The van der Waals surface area contributed by atoms with Crippen molar-refractivity contribution in [2.45, 2.75) is 39.4 Å². The molecule has 0 saturated carbocycles. The van der Waals surface area contributed by atoms with Gasteiger partial charge in [0, 0.05) is 12.6 Å². The van der Waals surface area contributed by atoms with E-state index in [0.717, 1.165) is 17.7 Å². The monoisotopic (exact) mass is 289 g/mol. The normalized spacial score (nSPS) is 13.1. The Hall–Kier alpha value is -1.36. The van der Waals surface area contributed by atoms with E-state index in [4.69, 9.17) is 0 Å². The van der Waals surface area contributed by atoms with Crippen molar-refractivity contribution in [3.05, 3.63) is 40.7 Å². The quantitative estimate of drug-likeness (QED) is 0.779. The highest BCUT2D eigenvalue weighted by molar-refractivity contribution is 5.54. The maximum Gasteiger partial charge on any atom is 0.416 e. The van der Waals surface area contributed by atoms with E-state index in [1.165, 1.54) is 0 Å². The van der Waals surface area contributed by atoms with E-state index in [1.54, 1.807) is 6.08 Å². The van der Waals surface area contributed by atoms with Crippen LogP contribution in [0.15, 0.2) is 23.8 Å². The molecule has 1 aromatic rings. The van der Waals surface area contributed by atoms with Gasteiger partial charge in [0.1, 0.15) is 5.82 Å². The van der Waals surface area contributed by atoms with Gasteiger partial charge in [-0.05, 0) is 30.2 Å². The fourth-order valence-electron chi connectivity index (χ4n) is 1.71. The Morgan fingerprint density at radius 3 is 2.40 bits per heavy atom. The Kier molecular flexibility index (Phi) is 5.74. The van der Waals surface area contributed by atoms with Crippen LogP contribution in [0.3, 0.4) is 0 Å². The number of nitrogens with one attached hydrogen (secondary N) is 1. The van der Waals surface area contributed by atoms with Crippen molar-refractivity contribution in [2.24, 2.45) is 0 Å². The highest BCUT2D eigenvalue weighted by atomic mass is 19.4. The summed E-state index contributed by atoms with van der Waals surface area (Å²) >= 11 is 0. The van der Waals surface area contributed by atoms with Crippen molar-refractivity contribution in [1.29, 1.82) is 0 Å². The minimum atomic E-state index is -4.53. The van der Waals surface area contributed by atoms with Crippen LogP contribution in [-0.4, -0.2) is 12.6 Å². The molecule has 0 aliphatic rings. The van der Waals surface area contributed by atoms with Crippen LogP contribution in [0.25, 0.3) is 6.08 Å². The van der Waals surface area contributed by atoms with Crippen molar-refractivity contribution in [3.63, 3.8) is 0 Å². The van der Waals surface area contributed by atoms with Crippen LogP contribution >= 0.6 is 0 Å². The summed E-state index contributed by atoms with van der Waals surface area (Å²) < 4.78 is 51.1. The zero-order valence-electron chi connectivity index (χ0n) is 11.8. The van der Waals surface area contributed by atoms with Gasteiger partial charge in [0.25, 0.3) is 0 Å². The summed E-state index contributed by atoms with van der Waals surface area (Å²) in [6.07, 6.45) is -2.24. The van der Waals surface area contributed by atoms with Gasteiger partial charge in [0.05, 0.1) is 5.56 Å². The summed E-state index contributed by atoms with van der Waals surface area (Å²) in [6, 6.07) is 2.87. The maximum absolute atomic E-state index is 13.3. The molecule has 112 valence electrons. The molecule has 1 aromatic carbocycles. The molecule has 0 radical (unpaired) electrons. The molecule has 1 N–H and O–H groups in total. The van der Waals surface area contributed by atoms with Crippen molar-refractivity contribution in [1.82, 2.24) is 5.32 Å². The average molecular weight is 289 g/mol. The first-order valence-electron chi connectivity index (χ1n) is 6.53. The molecule has 0 unspecified atom stereocenters. The molecule has 0 saturated heterocycles. The Labute approximate surface area is 116 Å². The van der Waals surface area contributed by atoms with Gasteiger partial charge in [-0.3, -0.25) is 0 Å². The minimum Gasteiger partial charge on any atom is -0.311 e. The van der Waals surface area contributed by atoms with Crippen LogP contribution < -0.4 is 5.32 Å². The first kappa shape index (κ1) is 16.7. The van der Waals surface area contributed by atoms with E-state index in [9.17, 15) is 17.6 Å². The molecule has 0 spiro atoms. The van der Waals surface area contributed by atoms with E-state index < -0.39 is 17.6 Å². The zero-order valence-corrected chi connectivity index (χ0v) is 11.8. The van der Waals surface area contributed by atoms with Crippen LogP contribution in [0.2, 0.25) is 0 Å². The molecule has 0 aliphatic carbocycles. The first-order valence-corrected chi connectivity index (χ1v) is 6.53. The summed E-state index contributed by atoms with van der Waals surface area (Å²) in [7, 11) is 0. The second-order valence-electron chi connectivity index (χ2n) is 4.96. The van der Waals surface area contributed by atoms with E-state index in [1.807, 2.05) is 20.8 Å². The van der Waals surface area contributed by atoms with Crippen LogP contribution in [-0.2, 0) is 6.18 Å². The zero-order chi connectivity index (χ0) is 15.3. The Balaban J connectivity index is 3.03. The lowest BCUT2D eigenvalue weighted by Gasteiger charge is -2.11. The number of benzene rings is 1. The molecule has 0 bridgehead atoms. The average Bonchev–Trinajstić information content (AvgIpc) is 2.32. The molecule has 5 heteroatoms. The maximum atomic E-state index is 13.3. The highest BCUT2D eigenvalue weighted by Crippen LogP contribution is 2.30. The number of halogens is 4. The Bertz CT molecular complexity index is 475. The van der Waals surface area contributed by atoms with Crippen molar-refractivity contribution >= 4 is 6.08 Å². The van der Waals surface area contributed by atoms with Gasteiger partial charge in [0.2, 0.25) is 0 Å². The minimum absolute atomic E-state index is 0.236. The van der Waals surface area contributed by atoms with Gasteiger partial charge in [-0.1, -0.05) is 32.4 Å². The molecule has 0 aliphatic heterocycles. The third kappa shape index (κ3) is 5.33. The molecular formula is C15H19F4N. The number of alkyl halides is 3. The molecule has 1 nitrogen and oxygen atoms in total. The molecular weight excluding hydrogens is 270 g/mol. The summed E-state index contributed by atoms with van der Waals surface area (Å²) in [5.41, 5.74) is 0.202. The van der Waals surface area contributed by atoms with E-state index in [2.05, 4.69) is 5.32 Å². The molecule has 20 heavy (non-hydrogen) atoms. The molecule has 0 aromatic heterocycles. The second kappa shape index (κ2) is 6.88. The molecule has 0 heterocycles. The highest BCUT2D eigenvalue weighted by Gasteiger charge is 2.31. The number of hydrogen-bond acceptors (Lipinski definition) is 1. The van der Waals surface area contributed by atoms with E-state index in [-0.39, 0.29) is 11.6 Å². The predicted molar refractivity (Wildman–Crippen MR) is 72.8 cm³/mol. The molecule has 0 amide bonds. The standard InChI is InChI=1S/C15H19F4N/c1-4-11(9-20-10(2)3)5-12-6-13(15(17,18)19)8-14(16)7-12/h5-8,10,20H,4,9H2,1-3H3/b11-5-. The van der Waals surface area contributed by atoms with E-state index >= 15 is 0 Å². The molecule has 1 rings (SSSR count). The van der Waals surface area contributed by atoms with Gasteiger partial charge in [-0.15, -0.1) is 0 Å². The lowest BCUT2D eigenvalue weighted by Crippen LogP contribution is -2.24. The Morgan fingerprint density at radius 1 is 1.25 bits per heavy atom.